The minimum Gasteiger partial charge on any atom is -0.384 e. The highest BCUT2D eigenvalue weighted by Gasteiger charge is 2.45. The number of nitrogens with one attached hydrogen (secondary N) is 1. The first kappa shape index (κ1) is 16.1. The summed E-state index contributed by atoms with van der Waals surface area (Å²) in [6.45, 7) is 4.57. The van der Waals surface area contributed by atoms with Crippen LogP contribution in [0.3, 0.4) is 0 Å². The monoisotopic (exact) mass is 343 g/mol. The quantitative estimate of drug-likeness (QED) is 0.828. The molecule has 0 bridgehead atoms. The number of aryl methyl sites for hydroxylation is 1. The van der Waals surface area contributed by atoms with Crippen LogP contribution in [0, 0.1) is 6.92 Å². The molecule has 2 aliphatic rings. The normalized spacial score (nSPS) is 20.0. The average Bonchev–Trinajstić information content (AvgIpc) is 3.19. The lowest BCUT2D eigenvalue weighted by Gasteiger charge is -2.49. The van der Waals surface area contributed by atoms with Crippen molar-refractivity contribution in [2.24, 2.45) is 0 Å². The molecule has 1 spiro atoms. The highest BCUT2D eigenvalue weighted by Crippen LogP contribution is 2.41. The van der Waals surface area contributed by atoms with E-state index in [2.05, 4.69) is 27.0 Å². The van der Waals surface area contributed by atoms with Crippen molar-refractivity contribution >= 4 is 11.7 Å². The van der Waals surface area contributed by atoms with Crippen molar-refractivity contribution < 1.29 is 4.79 Å². The van der Waals surface area contributed by atoms with Gasteiger partial charge in [0.2, 0.25) is 5.91 Å². The van der Waals surface area contributed by atoms with Crippen molar-refractivity contribution in [2.75, 3.05) is 32.4 Å². The van der Waals surface area contributed by atoms with E-state index in [9.17, 15) is 4.79 Å². The fraction of sp³-hybridized carbons (Fsp3) is 0.588. The average molecular weight is 343 g/mol. The van der Waals surface area contributed by atoms with Gasteiger partial charge in [-0.25, -0.2) is 9.67 Å². The van der Waals surface area contributed by atoms with Crippen molar-refractivity contribution in [3.8, 4) is 0 Å². The number of piperidine rings is 1. The van der Waals surface area contributed by atoms with Crippen molar-refractivity contribution in [3.63, 3.8) is 0 Å². The van der Waals surface area contributed by atoms with Gasteiger partial charge in [-0.15, -0.1) is 0 Å². The number of nitrogen functional groups attached to an aromatic ring is 1. The van der Waals surface area contributed by atoms with Crippen LogP contribution in [0.2, 0.25) is 0 Å². The Balaban J connectivity index is 1.47. The number of carbonyl (C=O) groups is 1. The molecule has 2 aliphatic heterocycles. The smallest absolute Gasteiger partial charge is 0.244 e. The van der Waals surface area contributed by atoms with E-state index >= 15 is 0 Å². The second kappa shape index (κ2) is 5.87. The van der Waals surface area contributed by atoms with Crippen molar-refractivity contribution in [2.45, 2.75) is 38.3 Å². The van der Waals surface area contributed by atoms with Crippen LogP contribution in [0.4, 0.5) is 5.82 Å². The van der Waals surface area contributed by atoms with Gasteiger partial charge in [0, 0.05) is 37.8 Å². The van der Waals surface area contributed by atoms with E-state index in [0.29, 0.717) is 5.82 Å². The van der Waals surface area contributed by atoms with E-state index in [1.54, 1.807) is 17.1 Å². The number of H-pyrrole nitrogens is 1. The van der Waals surface area contributed by atoms with Crippen molar-refractivity contribution in [1.82, 2.24) is 29.5 Å². The van der Waals surface area contributed by atoms with Crippen LogP contribution >= 0.6 is 0 Å². The van der Waals surface area contributed by atoms with Crippen LogP contribution in [0.5, 0.6) is 0 Å². The number of aromatic amines is 1. The molecule has 0 radical (unpaired) electrons. The van der Waals surface area contributed by atoms with Gasteiger partial charge in [0.15, 0.2) is 0 Å². The minimum atomic E-state index is -0.0499. The Kier molecular flexibility index (Phi) is 3.79. The lowest BCUT2D eigenvalue weighted by molar-refractivity contribution is -0.135. The third-order valence-electron chi connectivity index (χ3n) is 5.75. The third-order valence-corrected chi connectivity index (χ3v) is 5.75. The molecule has 0 unspecified atom stereocenters. The van der Waals surface area contributed by atoms with Gasteiger partial charge in [0.1, 0.15) is 12.4 Å². The maximum atomic E-state index is 12.7. The summed E-state index contributed by atoms with van der Waals surface area (Å²) in [6.07, 6.45) is 4.61. The number of imidazole rings is 1. The summed E-state index contributed by atoms with van der Waals surface area (Å²) in [4.78, 5) is 24.9. The molecule has 0 atom stereocenters. The minimum absolute atomic E-state index is 0.0499. The Hall–Kier alpha value is -2.35. The Labute approximate surface area is 147 Å². The SMILES string of the molecule is Cc1cc(N)n(CC(=O)N2CCC3(CC2)c2nc[nH]c2CCN3C)n1. The topological polar surface area (TPSA) is 96.1 Å². The van der Waals surface area contributed by atoms with Gasteiger partial charge < -0.3 is 15.6 Å². The van der Waals surface area contributed by atoms with Gasteiger partial charge in [0.05, 0.1) is 23.3 Å². The molecule has 134 valence electrons. The molecule has 1 amide bonds. The number of amides is 1. The molecule has 8 nitrogen and oxygen atoms in total. The number of carbonyl (C=O) groups excluding carboxylic acids is 1. The van der Waals surface area contributed by atoms with E-state index in [0.717, 1.165) is 44.6 Å². The summed E-state index contributed by atoms with van der Waals surface area (Å²) in [5, 5.41) is 4.29. The van der Waals surface area contributed by atoms with Crippen LogP contribution in [0.1, 0.15) is 29.9 Å². The first-order chi connectivity index (χ1) is 12.0. The lowest BCUT2D eigenvalue weighted by Crippen LogP contribution is -2.56. The van der Waals surface area contributed by atoms with E-state index in [1.165, 1.54) is 11.4 Å². The number of anilines is 1. The first-order valence-electron chi connectivity index (χ1n) is 8.81. The van der Waals surface area contributed by atoms with Gasteiger partial charge >= 0.3 is 0 Å². The molecule has 2 aromatic rings. The molecular formula is C17H25N7O. The largest absolute Gasteiger partial charge is 0.384 e. The Morgan fingerprint density at radius 3 is 2.80 bits per heavy atom. The first-order valence-corrected chi connectivity index (χ1v) is 8.81. The fourth-order valence-electron chi connectivity index (χ4n) is 4.25. The Bertz CT molecular complexity index is 785. The maximum absolute atomic E-state index is 12.7. The predicted molar refractivity (Wildman–Crippen MR) is 93.8 cm³/mol. The molecule has 4 heterocycles. The molecule has 25 heavy (non-hydrogen) atoms. The number of nitrogens with two attached hydrogens (primary N) is 1. The second-order valence-corrected chi connectivity index (χ2v) is 7.18. The highest BCUT2D eigenvalue weighted by atomic mass is 16.2. The summed E-state index contributed by atoms with van der Waals surface area (Å²) in [5.74, 6) is 0.609. The number of likely N-dealkylation sites (tertiary alicyclic amines) is 1. The van der Waals surface area contributed by atoms with Crippen LogP contribution in [-0.2, 0) is 23.3 Å². The molecule has 0 saturated carbocycles. The molecule has 0 aliphatic carbocycles. The zero-order valence-electron chi connectivity index (χ0n) is 14.8. The standard InChI is InChI=1S/C17H25N7O/c1-12-9-14(18)24(21-12)10-15(25)23-7-4-17(5-8-23)16-13(19-11-20-16)3-6-22(17)2/h9,11H,3-8,10,18H2,1-2H3,(H,19,20). The Morgan fingerprint density at radius 1 is 1.36 bits per heavy atom. The van der Waals surface area contributed by atoms with Crippen LogP contribution in [0.15, 0.2) is 12.4 Å². The highest BCUT2D eigenvalue weighted by molar-refractivity contribution is 5.76. The maximum Gasteiger partial charge on any atom is 0.244 e. The van der Waals surface area contributed by atoms with Crippen LogP contribution in [0.25, 0.3) is 0 Å². The van der Waals surface area contributed by atoms with Gasteiger partial charge in [-0.2, -0.15) is 5.10 Å². The van der Waals surface area contributed by atoms with Gasteiger partial charge in [-0.1, -0.05) is 0 Å². The molecule has 1 saturated heterocycles. The van der Waals surface area contributed by atoms with Crippen LogP contribution in [-0.4, -0.2) is 62.1 Å². The van der Waals surface area contributed by atoms with Crippen molar-refractivity contribution in [1.29, 1.82) is 0 Å². The molecule has 8 heteroatoms. The molecule has 3 N–H and O–H groups in total. The summed E-state index contributed by atoms with van der Waals surface area (Å²) < 4.78 is 1.58. The molecule has 4 rings (SSSR count). The zero-order chi connectivity index (χ0) is 17.6. The molecule has 2 aromatic heterocycles. The summed E-state index contributed by atoms with van der Waals surface area (Å²) in [6, 6.07) is 1.79. The number of aromatic nitrogens is 4. The van der Waals surface area contributed by atoms with E-state index < -0.39 is 0 Å². The second-order valence-electron chi connectivity index (χ2n) is 7.18. The third kappa shape index (κ3) is 2.60. The summed E-state index contributed by atoms with van der Waals surface area (Å²) in [7, 11) is 2.17. The number of hydrogen-bond donors (Lipinski definition) is 2. The number of fused-ring (bicyclic) bond motifs is 2. The van der Waals surface area contributed by atoms with E-state index in [1.807, 2.05) is 11.8 Å². The number of hydrogen-bond acceptors (Lipinski definition) is 5. The van der Waals surface area contributed by atoms with E-state index in [-0.39, 0.29) is 18.0 Å². The van der Waals surface area contributed by atoms with Gasteiger partial charge in [-0.05, 0) is 26.8 Å². The molecule has 0 aromatic carbocycles. The summed E-state index contributed by atoms with van der Waals surface area (Å²) >= 11 is 0. The predicted octanol–water partition coefficient (Wildman–Crippen LogP) is 0.503. The lowest BCUT2D eigenvalue weighted by atomic mass is 9.79. The number of likely N-dealkylation sites (N-methyl/N-ethyl adjacent to an activating group) is 1. The van der Waals surface area contributed by atoms with Crippen molar-refractivity contribution in [3.05, 3.63) is 29.5 Å². The molecular weight excluding hydrogens is 318 g/mol. The molecule has 1 fully saturated rings. The van der Waals surface area contributed by atoms with Gasteiger partial charge in [0.25, 0.3) is 0 Å². The number of rotatable bonds is 2. The van der Waals surface area contributed by atoms with Gasteiger partial charge in [-0.3, -0.25) is 9.69 Å². The zero-order valence-corrected chi connectivity index (χ0v) is 14.8. The number of nitrogens with zero attached hydrogens (tertiary/aromatic N) is 5. The Morgan fingerprint density at radius 2 is 2.12 bits per heavy atom. The fourth-order valence-corrected chi connectivity index (χ4v) is 4.25. The van der Waals surface area contributed by atoms with E-state index in [4.69, 9.17) is 5.73 Å². The summed E-state index contributed by atoms with van der Waals surface area (Å²) in [5.41, 5.74) is 9.10. The van der Waals surface area contributed by atoms with Crippen LogP contribution < -0.4 is 5.73 Å².